The van der Waals surface area contributed by atoms with Crippen LogP contribution >= 0.6 is 0 Å². The zero-order chi connectivity index (χ0) is 16.9. The second-order valence-corrected chi connectivity index (χ2v) is 6.45. The van der Waals surface area contributed by atoms with Gasteiger partial charge in [-0.1, -0.05) is 36.4 Å². The number of fused-ring (bicyclic) bond motifs is 1. The van der Waals surface area contributed by atoms with E-state index in [1.54, 1.807) is 0 Å². The summed E-state index contributed by atoms with van der Waals surface area (Å²) in [5.74, 6) is 1.78. The Morgan fingerprint density at radius 3 is 2.80 bits per heavy atom. The molecule has 1 heterocycles. The van der Waals surface area contributed by atoms with Gasteiger partial charge >= 0.3 is 0 Å². The first kappa shape index (κ1) is 16.3. The van der Waals surface area contributed by atoms with Gasteiger partial charge in [0.1, 0.15) is 11.5 Å². The summed E-state index contributed by atoms with van der Waals surface area (Å²) < 4.78 is 11.6. The molecule has 4 heteroatoms. The van der Waals surface area contributed by atoms with Crippen LogP contribution in [0.2, 0.25) is 0 Å². The highest BCUT2D eigenvalue weighted by molar-refractivity contribution is 5.67. The van der Waals surface area contributed by atoms with Crippen LogP contribution in [0, 0.1) is 0 Å². The van der Waals surface area contributed by atoms with Crippen LogP contribution in [-0.2, 0) is 16.0 Å². The van der Waals surface area contributed by atoms with E-state index < -0.39 is 0 Å². The summed E-state index contributed by atoms with van der Waals surface area (Å²) in [7, 11) is 0. The highest BCUT2D eigenvalue weighted by atomic mass is 16.8. The molecule has 0 radical (unpaired) electrons. The van der Waals surface area contributed by atoms with Gasteiger partial charge in [-0.05, 0) is 48.6 Å². The Labute approximate surface area is 148 Å². The number of para-hydroxylation sites is 1. The van der Waals surface area contributed by atoms with E-state index in [4.69, 9.17) is 14.3 Å². The van der Waals surface area contributed by atoms with Gasteiger partial charge in [0.15, 0.2) is 6.29 Å². The van der Waals surface area contributed by atoms with Crippen molar-refractivity contribution in [2.24, 2.45) is 0 Å². The molecular weight excluding hydrogens is 314 g/mol. The molecule has 1 N–H and O–H groups in total. The second kappa shape index (κ2) is 7.83. The maximum absolute atomic E-state index is 6.06. The first-order valence-electron chi connectivity index (χ1n) is 8.93. The van der Waals surface area contributed by atoms with Gasteiger partial charge in [0, 0.05) is 25.1 Å². The quantitative estimate of drug-likeness (QED) is 0.790. The number of nitrogens with one attached hydrogen (secondary N) is 1. The van der Waals surface area contributed by atoms with Crippen molar-refractivity contribution in [3.63, 3.8) is 0 Å². The van der Waals surface area contributed by atoms with Gasteiger partial charge in [-0.15, -0.1) is 0 Å². The standard InChI is InChI=1S/C21H23NO3/c1-2-8-18(9-3-1)24-20-10-6-7-17-13-16(14-19(17)20)15-22-25-21-11-4-5-12-23-21/h1-3,6-10,13,21-22H,4-5,11-12,14-15H2. The molecule has 2 aromatic carbocycles. The molecule has 4 nitrogen and oxygen atoms in total. The van der Waals surface area contributed by atoms with Crippen LogP contribution in [0.3, 0.4) is 0 Å². The minimum atomic E-state index is -0.116. The number of ether oxygens (including phenoxy) is 2. The number of rotatable bonds is 6. The topological polar surface area (TPSA) is 39.7 Å². The third kappa shape index (κ3) is 4.10. The molecule has 0 amide bonds. The molecule has 1 saturated heterocycles. The summed E-state index contributed by atoms with van der Waals surface area (Å²) >= 11 is 0. The van der Waals surface area contributed by atoms with E-state index in [9.17, 15) is 0 Å². The molecule has 0 saturated carbocycles. The van der Waals surface area contributed by atoms with Crippen molar-refractivity contribution in [2.75, 3.05) is 13.2 Å². The largest absolute Gasteiger partial charge is 0.457 e. The highest BCUT2D eigenvalue weighted by Gasteiger charge is 2.19. The maximum Gasteiger partial charge on any atom is 0.177 e. The lowest BCUT2D eigenvalue weighted by molar-refractivity contribution is -0.195. The maximum atomic E-state index is 6.06. The molecular formula is C21H23NO3. The summed E-state index contributed by atoms with van der Waals surface area (Å²) in [5.41, 5.74) is 6.81. The van der Waals surface area contributed by atoms with Crippen molar-refractivity contribution in [3.05, 3.63) is 65.2 Å². The van der Waals surface area contributed by atoms with Crippen molar-refractivity contribution in [1.29, 1.82) is 0 Å². The number of hydrogen-bond donors (Lipinski definition) is 1. The Bertz CT molecular complexity index is 736. The predicted molar refractivity (Wildman–Crippen MR) is 97.3 cm³/mol. The molecule has 2 aliphatic rings. The van der Waals surface area contributed by atoms with Gasteiger partial charge in [-0.25, -0.2) is 0 Å². The zero-order valence-corrected chi connectivity index (χ0v) is 14.2. The van der Waals surface area contributed by atoms with Gasteiger partial charge in [0.25, 0.3) is 0 Å². The van der Waals surface area contributed by atoms with Gasteiger partial charge in [-0.2, -0.15) is 5.48 Å². The summed E-state index contributed by atoms with van der Waals surface area (Å²) in [6.45, 7) is 1.49. The SMILES string of the molecule is C1=C(CNOC2CCCCO2)Cc2c1cccc2Oc1ccccc1. The summed E-state index contributed by atoms with van der Waals surface area (Å²) in [6, 6.07) is 16.1. The fourth-order valence-corrected chi connectivity index (χ4v) is 3.26. The number of hydroxylamine groups is 1. The van der Waals surface area contributed by atoms with Gasteiger partial charge in [-0.3, -0.25) is 4.84 Å². The normalized spacial score (nSPS) is 19.4. The smallest absolute Gasteiger partial charge is 0.177 e. The fourth-order valence-electron chi connectivity index (χ4n) is 3.26. The molecule has 4 rings (SSSR count). The van der Waals surface area contributed by atoms with Crippen LogP contribution in [-0.4, -0.2) is 19.4 Å². The molecule has 1 atom stereocenters. The molecule has 0 spiro atoms. The molecule has 2 aromatic rings. The van der Waals surface area contributed by atoms with E-state index in [2.05, 4.69) is 17.6 Å². The van der Waals surface area contributed by atoms with E-state index in [1.807, 2.05) is 42.5 Å². The first-order valence-corrected chi connectivity index (χ1v) is 8.93. The van der Waals surface area contributed by atoms with E-state index in [0.717, 1.165) is 37.4 Å². The lowest BCUT2D eigenvalue weighted by Gasteiger charge is -2.22. The Morgan fingerprint density at radius 1 is 1.04 bits per heavy atom. The number of hydrogen-bond acceptors (Lipinski definition) is 4. The lowest BCUT2D eigenvalue weighted by atomic mass is 10.1. The van der Waals surface area contributed by atoms with Crippen LogP contribution < -0.4 is 10.2 Å². The van der Waals surface area contributed by atoms with Crippen LogP contribution in [0.4, 0.5) is 0 Å². The van der Waals surface area contributed by atoms with Crippen LogP contribution in [0.25, 0.3) is 6.08 Å². The lowest BCUT2D eigenvalue weighted by Crippen LogP contribution is -2.30. The summed E-state index contributed by atoms with van der Waals surface area (Å²) in [4.78, 5) is 5.63. The average molecular weight is 337 g/mol. The van der Waals surface area contributed by atoms with Crippen molar-refractivity contribution in [1.82, 2.24) is 5.48 Å². The third-order valence-corrected chi connectivity index (χ3v) is 4.56. The highest BCUT2D eigenvalue weighted by Crippen LogP contribution is 2.34. The van der Waals surface area contributed by atoms with Crippen LogP contribution in [0.5, 0.6) is 11.5 Å². The molecule has 1 aliphatic carbocycles. The molecule has 1 unspecified atom stereocenters. The Balaban J connectivity index is 1.35. The fraction of sp³-hybridized carbons (Fsp3) is 0.333. The molecule has 1 aliphatic heterocycles. The average Bonchev–Trinajstić information content (AvgIpc) is 3.08. The van der Waals surface area contributed by atoms with Crippen molar-refractivity contribution >= 4 is 6.08 Å². The van der Waals surface area contributed by atoms with Gasteiger partial charge in [0.2, 0.25) is 0 Å². The van der Waals surface area contributed by atoms with Crippen LogP contribution in [0.15, 0.2) is 54.1 Å². The molecule has 0 bridgehead atoms. The minimum Gasteiger partial charge on any atom is -0.457 e. The Kier molecular flexibility index (Phi) is 5.11. The zero-order valence-electron chi connectivity index (χ0n) is 14.2. The third-order valence-electron chi connectivity index (χ3n) is 4.56. The van der Waals surface area contributed by atoms with E-state index in [0.29, 0.717) is 6.54 Å². The second-order valence-electron chi connectivity index (χ2n) is 6.45. The molecule has 25 heavy (non-hydrogen) atoms. The van der Waals surface area contributed by atoms with Crippen molar-refractivity contribution < 1.29 is 14.3 Å². The predicted octanol–water partition coefficient (Wildman–Crippen LogP) is 4.47. The monoisotopic (exact) mass is 337 g/mol. The van der Waals surface area contributed by atoms with E-state index in [1.165, 1.54) is 23.1 Å². The Morgan fingerprint density at radius 2 is 1.96 bits per heavy atom. The minimum absolute atomic E-state index is 0.116. The van der Waals surface area contributed by atoms with Crippen molar-refractivity contribution in [2.45, 2.75) is 32.0 Å². The van der Waals surface area contributed by atoms with E-state index in [-0.39, 0.29) is 6.29 Å². The molecule has 1 fully saturated rings. The molecule has 0 aromatic heterocycles. The van der Waals surface area contributed by atoms with E-state index >= 15 is 0 Å². The van der Waals surface area contributed by atoms with Crippen molar-refractivity contribution in [3.8, 4) is 11.5 Å². The summed E-state index contributed by atoms with van der Waals surface area (Å²) in [6.07, 6.45) is 6.23. The van der Waals surface area contributed by atoms with Gasteiger partial charge in [0.05, 0.1) is 0 Å². The van der Waals surface area contributed by atoms with Gasteiger partial charge < -0.3 is 9.47 Å². The Hall–Kier alpha value is -2.14. The first-order chi connectivity index (χ1) is 12.4. The van der Waals surface area contributed by atoms with Crippen LogP contribution in [0.1, 0.15) is 30.4 Å². The summed E-state index contributed by atoms with van der Waals surface area (Å²) in [5, 5.41) is 0. The number of benzene rings is 2. The molecule has 130 valence electrons.